The van der Waals surface area contributed by atoms with Gasteiger partial charge in [0.05, 0.1) is 5.02 Å². The molecule has 0 radical (unpaired) electrons. The van der Waals surface area contributed by atoms with Gasteiger partial charge in [0.25, 0.3) is 0 Å². The van der Waals surface area contributed by atoms with Gasteiger partial charge in [-0.05, 0) is 49.2 Å². The third-order valence-electron chi connectivity index (χ3n) is 3.35. The minimum Gasteiger partial charge on any atom is -0.304 e. The zero-order valence-corrected chi connectivity index (χ0v) is 13.1. The quantitative estimate of drug-likeness (QED) is 0.711. The first-order valence-electron chi connectivity index (χ1n) is 6.54. The van der Waals surface area contributed by atoms with Gasteiger partial charge in [0.1, 0.15) is 11.6 Å². The number of benzene rings is 2. The van der Waals surface area contributed by atoms with Crippen LogP contribution in [-0.4, -0.2) is 0 Å². The van der Waals surface area contributed by atoms with E-state index in [1.54, 1.807) is 6.07 Å². The number of rotatable bonds is 4. The summed E-state index contributed by atoms with van der Waals surface area (Å²) in [7, 11) is 0. The summed E-state index contributed by atoms with van der Waals surface area (Å²) in [6.07, 6.45) is 0. The second-order valence-electron chi connectivity index (χ2n) is 4.95. The van der Waals surface area contributed by atoms with Gasteiger partial charge >= 0.3 is 0 Å². The third kappa shape index (κ3) is 3.94. The van der Waals surface area contributed by atoms with Crippen molar-refractivity contribution in [2.75, 3.05) is 0 Å². The summed E-state index contributed by atoms with van der Waals surface area (Å²) in [5.41, 5.74) is 1.43. The molecule has 1 N–H and O–H groups in total. The average molecular weight is 330 g/mol. The molecule has 0 bridgehead atoms. The first kappa shape index (κ1) is 16.2. The van der Waals surface area contributed by atoms with Gasteiger partial charge in [0.15, 0.2) is 0 Å². The van der Waals surface area contributed by atoms with Crippen molar-refractivity contribution in [1.82, 2.24) is 5.32 Å². The van der Waals surface area contributed by atoms with E-state index in [2.05, 4.69) is 5.32 Å². The molecule has 0 saturated heterocycles. The molecular formula is C16H15Cl2F2N. The molecule has 0 aliphatic rings. The van der Waals surface area contributed by atoms with Crippen LogP contribution in [0.4, 0.5) is 8.78 Å². The van der Waals surface area contributed by atoms with E-state index in [-0.39, 0.29) is 22.9 Å². The molecule has 2 unspecified atom stereocenters. The SMILES string of the molecule is CC(NC(C)c1cc(F)c(Cl)cc1Cl)c1cccc(F)c1. The Labute approximate surface area is 132 Å². The van der Waals surface area contributed by atoms with Crippen LogP contribution < -0.4 is 5.32 Å². The molecule has 2 atom stereocenters. The largest absolute Gasteiger partial charge is 0.304 e. The Balaban J connectivity index is 2.18. The van der Waals surface area contributed by atoms with E-state index in [0.717, 1.165) is 5.56 Å². The van der Waals surface area contributed by atoms with E-state index in [4.69, 9.17) is 23.2 Å². The normalized spacial score (nSPS) is 14.0. The van der Waals surface area contributed by atoms with Gasteiger partial charge in [-0.15, -0.1) is 0 Å². The first-order valence-corrected chi connectivity index (χ1v) is 7.30. The number of hydrogen-bond donors (Lipinski definition) is 1. The summed E-state index contributed by atoms with van der Waals surface area (Å²) in [5, 5.41) is 3.66. The van der Waals surface area contributed by atoms with Crippen molar-refractivity contribution in [2.45, 2.75) is 25.9 Å². The highest BCUT2D eigenvalue weighted by Crippen LogP contribution is 2.30. The summed E-state index contributed by atoms with van der Waals surface area (Å²) in [5.74, 6) is -0.799. The molecule has 0 aromatic heterocycles. The topological polar surface area (TPSA) is 12.0 Å². The second kappa shape index (κ2) is 6.73. The van der Waals surface area contributed by atoms with Crippen LogP contribution in [0.15, 0.2) is 36.4 Å². The molecule has 0 aliphatic carbocycles. The van der Waals surface area contributed by atoms with Crippen molar-refractivity contribution < 1.29 is 8.78 Å². The van der Waals surface area contributed by atoms with Gasteiger partial charge in [0, 0.05) is 17.1 Å². The standard InChI is InChI=1S/C16H15Cl2F2N/c1-9(11-4-3-5-12(19)6-11)21-10(2)13-7-16(20)15(18)8-14(13)17/h3-10,21H,1-2H3. The van der Waals surface area contributed by atoms with Crippen molar-refractivity contribution in [3.63, 3.8) is 0 Å². The van der Waals surface area contributed by atoms with Crippen LogP contribution in [-0.2, 0) is 0 Å². The van der Waals surface area contributed by atoms with Crippen molar-refractivity contribution in [3.8, 4) is 0 Å². The van der Waals surface area contributed by atoms with E-state index >= 15 is 0 Å². The van der Waals surface area contributed by atoms with E-state index < -0.39 is 5.82 Å². The second-order valence-corrected chi connectivity index (χ2v) is 5.77. The van der Waals surface area contributed by atoms with Crippen LogP contribution in [0.5, 0.6) is 0 Å². The van der Waals surface area contributed by atoms with E-state index in [9.17, 15) is 8.78 Å². The Bertz CT molecular complexity index is 646. The van der Waals surface area contributed by atoms with Gasteiger partial charge in [-0.1, -0.05) is 35.3 Å². The monoisotopic (exact) mass is 329 g/mol. The predicted molar refractivity (Wildman–Crippen MR) is 82.8 cm³/mol. The van der Waals surface area contributed by atoms with Crippen molar-refractivity contribution in [2.24, 2.45) is 0 Å². The Hall–Kier alpha value is -1.16. The highest BCUT2D eigenvalue weighted by atomic mass is 35.5. The van der Waals surface area contributed by atoms with Gasteiger partial charge in [-0.3, -0.25) is 0 Å². The molecule has 0 saturated carbocycles. The summed E-state index contributed by atoms with van der Waals surface area (Å²) in [6, 6.07) is 8.74. The summed E-state index contributed by atoms with van der Waals surface area (Å²) in [4.78, 5) is 0. The Morgan fingerprint density at radius 3 is 2.33 bits per heavy atom. The number of hydrogen-bond acceptors (Lipinski definition) is 1. The van der Waals surface area contributed by atoms with Crippen LogP contribution in [0.1, 0.15) is 37.1 Å². The van der Waals surface area contributed by atoms with E-state index in [1.807, 2.05) is 19.9 Å². The van der Waals surface area contributed by atoms with Crippen LogP contribution >= 0.6 is 23.2 Å². The molecule has 2 rings (SSSR count). The molecule has 0 aliphatic heterocycles. The first-order chi connectivity index (χ1) is 9.88. The highest BCUT2D eigenvalue weighted by molar-refractivity contribution is 6.35. The third-order valence-corrected chi connectivity index (χ3v) is 3.97. The minimum absolute atomic E-state index is 0.00544. The smallest absolute Gasteiger partial charge is 0.142 e. The zero-order chi connectivity index (χ0) is 15.6. The Morgan fingerprint density at radius 1 is 0.952 bits per heavy atom. The molecule has 1 nitrogen and oxygen atoms in total. The molecule has 0 amide bonds. The molecule has 2 aromatic rings. The van der Waals surface area contributed by atoms with Gasteiger partial charge in [0.2, 0.25) is 0 Å². The molecule has 0 heterocycles. The zero-order valence-electron chi connectivity index (χ0n) is 11.6. The summed E-state index contributed by atoms with van der Waals surface area (Å²) in [6.45, 7) is 3.77. The summed E-state index contributed by atoms with van der Waals surface area (Å²) < 4.78 is 26.8. The number of halogens is 4. The lowest BCUT2D eigenvalue weighted by atomic mass is 10.0. The van der Waals surface area contributed by atoms with Crippen LogP contribution in [0.25, 0.3) is 0 Å². The lowest BCUT2D eigenvalue weighted by Gasteiger charge is -2.22. The van der Waals surface area contributed by atoms with Crippen LogP contribution in [0, 0.1) is 11.6 Å². The lowest BCUT2D eigenvalue weighted by molar-refractivity contribution is 0.489. The molecule has 112 valence electrons. The fourth-order valence-electron chi connectivity index (χ4n) is 2.21. The molecule has 5 heteroatoms. The molecular weight excluding hydrogens is 315 g/mol. The van der Waals surface area contributed by atoms with Gasteiger partial charge in [-0.2, -0.15) is 0 Å². The van der Waals surface area contributed by atoms with Gasteiger partial charge in [-0.25, -0.2) is 8.78 Å². The predicted octanol–water partition coefficient (Wildman–Crippen LogP) is 5.68. The van der Waals surface area contributed by atoms with Crippen LogP contribution in [0.3, 0.4) is 0 Å². The van der Waals surface area contributed by atoms with Crippen molar-refractivity contribution >= 4 is 23.2 Å². The highest BCUT2D eigenvalue weighted by Gasteiger charge is 2.16. The molecule has 0 spiro atoms. The average Bonchev–Trinajstić information content (AvgIpc) is 2.42. The van der Waals surface area contributed by atoms with E-state index in [1.165, 1.54) is 24.3 Å². The molecule has 0 fully saturated rings. The Kier molecular flexibility index (Phi) is 5.20. The maximum atomic E-state index is 13.6. The maximum Gasteiger partial charge on any atom is 0.142 e. The fraction of sp³-hybridized carbons (Fsp3) is 0.250. The minimum atomic E-state index is -0.511. The number of nitrogens with one attached hydrogen (secondary N) is 1. The molecule has 2 aromatic carbocycles. The van der Waals surface area contributed by atoms with Crippen LogP contribution in [0.2, 0.25) is 10.0 Å². The summed E-state index contributed by atoms with van der Waals surface area (Å²) >= 11 is 11.8. The van der Waals surface area contributed by atoms with Gasteiger partial charge < -0.3 is 5.32 Å². The van der Waals surface area contributed by atoms with Crippen molar-refractivity contribution in [3.05, 3.63) is 69.2 Å². The lowest BCUT2D eigenvalue weighted by Crippen LogP contribution is -2.23. The van der Waals surface area contributed by atoms with E-state index in [0.29, 0.717) is 10.6 Å². The molecule has 21 heavy (non-hydrogen) atoms. The Morgan fingerprint density at radius 2 is 1.67 bits per heavy atom. The fourth-order valence-corrected chi connectivity index (χ4v) is 2.75. The van der Waals surface area contributed by atoms with Crippen molar-refractivity contribution in [1.29, 1.82) is 0 Å². The maximum absolute atomic E-state index is 13.6.